The molecule has 0 atom stereocenters. The number of terminal acetylenes is 1. The molecule has 4 N–H and O–H groups in total. The van der Waals surface area contributed by atoms with Gasteiger partial charge in [-0.25, -0.2) is 39.9 Å². The molecule has 0 saturated heterocycles. The highest BCUT2D eigenvalue weighted by Gasteiger charge is 2.09. The zero-order valence-corrected chi connectivity index (χ0v) is 27.4. The summed E-state index contributed by atoms with van der Waals surface area (Å²) < 4.78 is 4.02. The van der Waals surface area contributed by atoms with Crippen LogP contribution in [0.25, 0.3) is 55.2 Å². The molecule has 10 aromatic rings. The molecule has 0 amide bonds. The molecule has 0 saturated carbocycles. The molecule has 0 aliphatic carbocycles. The molecule has 3 aromatic carbocycles. The van der Waals surface area contributed by atoms with Crippen LogP contribution in [0.1, 0.15) is 15.9 Å². The summed E-state index contributed by atoms with van der Waals surface area (Å²) in [7, 11) is 0. The van der Waals surface area contributed by atoms with E-state index in [1.165, 1.54) is 29.6 Å². The smallest absolute Gasteiger partial charge is 0.181 e. The molecule has 0 aliphatic heterocycles. The van der Waals surface area contributed by atoms with E-state index in [1.807, 2.05) is 51.5 Å². The number of nitrogens with zero attached hydrogens (tertiary/aromatic N) is 10. The normalized spacial score (nSPS) is 10.5. The molecule has 13 heteroatoms. The minimum atomic E-state index is 0.333. The van der Waals surface area contributed by atoms with Gasteiger partial charge in [0.25, 0.3) is 0 Å². The van der Waals surface area contributed by atoms with Gasteiger partial charge in [-0.1, -0.05) is 72.7 Å². The summed E-state index contributed by atoms with van der Waals surface area (Å²) in [6.45, 7) is 0. The second-order valence-electron chi connectivity index (χ2n) is 11.1. The Labute approximate surface area is 295 Å². The third-order valence-electron chi connectivity index (χ3n) is 7.95. The lowest BCUT2D eigenvalue weighted by atomic mass is 10.1. The lowest BCUT2D eigenvalue weighted by Gasteiger charge is -1.99. The Hall–Kier alpha value is -7.85. The minimum absolute atomic E-state index is 0.333. The fraction of sp³-hybridized carbons (Fsp3) is 0. The fourth-order valence-electron chi connectivity index (χ4n) is 5.44. The predicted octanol–water partition coefficient (Wildman–Crippen LogP) is 5.98. The maximum Gasteiger partial charge on any atom is 0.181 e. The monoisotopic (exact) mass is 680 g/mol. The molecular formula is C39H28N12O. The number of aromatic nitrogens is 10. The Kier molecular flexibility index (Phi) is 9.26. The zero-order valence-electron chi connectivity index (χ0n) is 27.4. The first-order valence-electron chi connectivity index (χ1n) is 15.8. The molecule has 52 heavy (non-hydrogen) atoms. The van der Waals surface area contributed by atoms with Gasteiger partial charge in [0.15, 0.2) is 17.6 Å². The number of carbonyl (C=O) groups excluding carboxylic acids is 1. The van der Waals surface area contributed by atoms with Crippen molar-refractivity contribution in [1.82, 2.24) is 48.7 Å². The molecule has 0 unspecified atom stereocenters. The summed E-state index contributed by atoms with van der Waals surface area (Å²) in [6.07, 6.45) is 19.3. The predicted molar refractivity (Wildman–Crippen MR) is 202 cm³/mol. The van der Waals surface area contributed by atoms with Crippen LogP contribution in [0.5, 0.6) is 0 Å². The number of fused-ring (bicyclic) bond motifs is 10. The number of nitrogens with two attached hydrogens (primary N) is 2. The number of hydrogen-bond acceptors (Lipinski definition) is 11. The fourth-order valence-corrected chi connectivity index (χ4v) is 5.44. The van der Waals surface area contributed by atoms with Crippen LogP contribution >= 0.6 is 0 Å². The molecule has 10 rings (SSSR count). The van der Waals surface area contributed by atoms with Crippen molar-refractivity contribution in [3.8, 4) is 12.3 Å². The Bertz CT molecular complexity index is 2730. The standard InChI is InChI=1S/2C13H8N4.C9H6O.C4H6N4/c1-2-4-10-9(3-1)5-6-17-11-7-14-8-15-12(11)16-13(10)17;1-2-4-10-9(3-1)5-6-17-12(10)16-11-7-14-8-15-13(11)17;1-2-8-5-3-4-6-9(8)7-10;5-3-1-7-2-8-4(3)6/h2*1-8H;1,3-7H;1-2H,5H2,(H2,6,7,8). The lowest BCUT2D eigenvalue weighted by molar-refractivity contribution is 0.112. The van der Waals surface area contributed by atoms with Crippen molar-refractivity contribution in [3.05, 3.63) is 146 Å². The molecule has 7 aromatic heterocycles. The van der Waals surface area contributed by atoms with Crippen molar-refractivity contribution in [1.29, 1.82) is 0 Å². The summed E-state index contributed by atoms with van der Waals surface area (Å²) in [5.41, 5.74) is 17.4. The third-order valence-corrected chi connectivity index (χ3v) is 7.95. The Morgan fingerprint density at radius 2 is 1.25 bits per heavy atom. The highest BCUT2D eigenvalue weighted by atomic mass is 16.1. The summed E-state index contributed by atoms with van der Waals surface area (Å²) in [4.78, 5) is 43.2. The van der Waals surface area contributed by atoms with E-state index < -0.39 is 0 Å². The van der Waals surface area contributed by atoms with E-state index in [9.17, 15) is 4.79 Å². The summed E-state index contributed by atoms with van der Waals surface area (Å²) in [5.74, 6) is 2.75. The number of imidazole rings is 2. The third kappa shape index (κ3) is 6.58. The van der Waals surface area contributed by atoms with E-state index in [0.29, 0.717) is 22.6 Å². The molecule has 0 spiro atoms. The average molecular weight is 681 g/mol. The van der Waals surface area contributed by atoms with Gasteiger partial charge >= 0.3 is 0 Å². The summed E-state index contributed by atoms with van der Waals surface area (Å²) in [5, 5.41) is 4.63. The van der Waals surface area contributed by atoms with Gasteiger partial charge in [0.2, 0.25) is 0 Å². The Balaban J connectivity index is 0.000000113. The zero-order chi connectivity index (χ0) is 35.9. The van der Waals surface area contributed by atoms with Crippen molar-refractivity contribution in [2.45, 2.75) is 0 Å². The maximum absolute atomic E-state index is 10.3. The average Bonchev–Trinajstić information content (AvgIpc) is 3.79. The van der Waals surface area contributed by atoms with Crippen molar-refractivity contribution >= 4 is 73.0 Å². The number of anilines is 2. The Morgan fingerprint density at radius 1 is 0.635 bits per heavy atom. The van der Waals surface area contributed by atoms with Crippen LogP contribution in [-0.2, 0) is 0 Å². The SMILES string of the molecule is C#Cc1ccccc1C=O.Nc1cncnc1N.c1ccc2c(c1)ccn1c3cncnc3nc21.c1ccc2c(c1)ccn1c3ncncc3nc21. The molecule has 0 bridgehead atoms. The maximum atomic E-state index is 10.3. The van der Waals surface area contributed by atoms with Crippen molar-refractivity contribution in [2.75, 3.05) is 11.5 Å². The van der Waals surface area contributed by atoms with Crippen LogP contribution in [0.4, 0.5) is 11.5 Å². The number of nitrogen functional groups attached to an aromatic ring is 2. The second-order valence-corrected chi connectivity index (χ2v) is 11.1. The number of aldehydes is 1. The molecule has 7 heterocycles. The number of benzene rings is 3. The van der Waals surface area contributed by atoms with Crippen LogP contribution in [0.2, 0.25) is 0 Å². The number of carbonyl (C=O) groups is 1. The number of hydrogen-bond donors (Lipinski definition) is 2. The van der Waals surface area contributed by atoms with Gasteiger partial charge in [-0.2, -0.15) is 0 Å². The van der Waals surface area contributed by atoms with Gasteiger partial charge < -0.3 is 11.5 Å². The highest BCUT2D eigenvalue weighted by molar-refractivity contribution is 5.98. The minimum Gasteiger partial charge on any atom is -0.394 e. The highest BCUT2D eigenvalue weighted by Crippen LogP contribution is 2.23. The molecular weight excluding hydrogens is 653 g/mol. The van der Waals surface area contributed by atoms with Crippen molar-refractivity contribution in [3.63, 3.8) is 0 Å². The molecule has 0 fully saturated rings. The van der Waals surface area contributed by atoms with Gasteiger partial charge in [0, 0.05) is 34.3 Å². The first-order valence-corrected chi connectivity index (χ1v) is 15.8. The van der Waals surface area contributed by atoms with Crippen molar-refractivity contribution in [2.24, 2.45) is 0 Å². The van der Waals surface area contributed by atoms with Crippen LogP contribution in [0, 0.1) is 12.3 Å². The van der Waals surface area contributed by atoms with E-state index in [0.717, 1.165) is 50.7 Å². The van der Waals surface area contributed by atoms with Crippen molar-refractivity contribution < 1.29 is 4.79 Å². The largest absolute Gasteiger partial charge is 0.394 e. The second kappa shape index (κ2) is 14.7. The molecule has 13 nitrogen and oxygen atoms in total. The van der Waals surface area contributed by atoms with Crippen LogP contribution in [0.15, 0.2) is 135 Å². The summed E-state index contributed by atoms with van der Waals surface area (Å²) >= 11 is 0. The first kappa shape index (κ1) is 32.7. The topological polar surface area (TPSA) is 181 Å². The number of pyridine rings is 2. The molecule has 0 radical (unpaired) electrons. The van der Waals surface area contributed by atoms with Gasteiger partial charge in [-0.15, -0.1) is 6.42 Å². The first-order chi connectivity index (χ1) is 25.6. The lowest BCUT2D eigenvalue weighted by Crippen LogP contribution is -1.97. The van der Waals surface area contributed by atoms with Gasteiger partial charge in [-0.05, 0) is 29.0 Å². The molecule has 0 aliphatic rings. The Morgan fingerprint density at radius 3 is 1.92 bits per heavy atom. The van der Waals surface area contributed by atoms with E-state index in [-0.39, 0.29) is 0 Å². The van der Waals surface area contributed by atoms with Gasteiger partial charge in [0.1, 0.15) is 47.1 Å². The van der Waals surface area contributed by atoms with Crippen LogP contribution in [-0.4, -0.2) is 55.0 Å². The van der Waals surface area contributed by atoms with Crippen LogP contribution in [0.3, 0.4) is 0 Å². The van der Waals surface area contributed by atoms with Gasteiger partial charge in [0.05, 0.1) is 24.3 Å². The van der Waals surface area contributed by atoms with Gasteiger partial charge in [-0.3, -0.25) is 13.6 Å². The molecule has 250 valence electrons. The van der Waals surface area contributed by atoms with E-state index in [4.69, 9.17) is 17.9 Å². The van der Waals surface area contributed by atoms with E-state index in [2.05, 4.69) is 82.2 Å². The quantitative estimate of drug-likeness (QED) is 0.154. The summed E-state index contributed by atoms with van der Waals surface area (Å²) in [6, 6.07) is 27.6. The van der Waals surface area contributed by atoms with E-state index in [1.54, 1.807) is 36.9 Å². The number of rotatable bonds is 1. The van der Waals surface area contributed by atoms with Crippen LogP contribution < -0.4 is 11.5 Å². The van der Waals surface area contributed by atoms with E-state index >= 15 is 0 Å².